The van der Waals surface area contributed by atoms with Crippen LogP contribution < -0.4 is 16.6 Å². The minimum Gasteiger partial charge on any atom is -0.353 e. The maximum absolute atomic E-state index is 5.36. The van der Waals surface area contributed by atoms with E-state index in [0.29, 0.717) is 11.5 Å². The fourth-order valence-corrected chi connectivity index (χ4v) is 1.06. The molecule has 0 saturated heterocycles. The molecule has 1 saturated carbocycles. The molecule has 4 N–H and O–H groups in total. The standard InChI is InChI=1S/C10H22N4/c1-10(2,3)6-7-12-9(14-11)13-8-4-5-8/h8H,4-7,11H2,1-3H3,(H2,12,13,14). The molecule has 14 heavy (non-hydrogen) atoms. The maximum Gasteiger partial charge on any atom is 0.205 e. The molecule has 0 unspecified atom stereocenters. The first-order valence-corrected chi connectivity index (χ1v) is 5.29. The summed E-state index contributed by atoms with van der Waals surface area (Å²) in [5, 5.41) is 3.24. The van der Waals surface area contributed by atoms with E-state index in [0.717, 1.165) is 18.9 Å². The van der Waals surface area contributed by atoms with Crippen molar-refractivity contribution >= 4 is 5.96 Å². The molecule has 0 aromatic rings. The first-order valence-electron chi connectivity index (χ1n) is 5.29. The van der Waals surface area contributed by atoms with Gasteiger partial charge in [0.1, 0.15) is 0 Å². The Hall–Kier alpha value is -0.770. The van der Waals surface area contributed by atoms with Gasteiger partial charge in [0.2, 0.25) is 5.96 Å². The molecule has 0 amide bonds. The Labute approximate surface area is 86.3 Å². The van der Waals surface area contributed by atoms with Gasteiger partial charge in [0.05, 0.1) is 0 Å². The molecule has 1 aliphatic rings. The molecule has 0 atom stereocenters. The van der Waals surface area contributed by atoms with Crippen molar-refractivity contribution in [3.63, 3.8) is 0 Å². The van der Waals surface area contributed by atoms with Crippen LogP contribution in [0.2, 0.25) is 0 Å². The van der Waals surface area contributed by atoms with Crippen molar-refractivity contribution in [2.45, 2.75) is 46.1 Å². The van der Waals surface area contributed by atoms with E-state index in [1.54, 1.807) is 0 Å². The smallest absolute Gasteiger partial charge is 0.205 e. The lowest BCUT2D eigenvalue weighted by Crippen LogP contribution is -2.42. The van der Waals surface area contributed by atoms with Gasteiger partial charge in [-0.05, 0) is 24.7 Å². The molecule has 1 fully saturated rings. The molecule has 0 bridgehead atoms. The molecular formula is C10H22N4. The molecule has 1 aliphatic carbocycles. The molecule has 0 radical (unpaired) electrons. The summed E-state index contributed by atoms with van der Waals surface area (Å²) in [7, 11) is 0. The molecule has 0 spiro atoms. The Kier molecular flexibility index (Phi) is 3.75. The monoisotopic (exact) mass is 198 g/mol. The predicted octanol–water partition coefficient (Wildman–Crippen LogP) is 0.994. The van der Waals surface area contributed by atoms with Gasteiger partial charge in [0, 0.05) is 12.6 Å². The molecule has 82 valence electrons. The van der Waals surface area contributed by atoms with Crippen molar-refractivity contribution in [3.8, 4) is 0 Å². The van der Waals surface area contributed by atoms with Crippen LogP contribution in [0.1, 0.15) is 40.0 Å². The Morgan fingerprint density at radius 2 is 2.07 bits per heavy atom. The van der Waals surface area contributed by atoms with E-state index in [-0.39, 0.29) is 0 Å². The number of hydrogen-bond acceptors (Lipinski definition) is 2. The lowest BCUT2D eigenvalue weighted by Gasteiger charge is -2.16. The topological polar surface area (TPSA) is 62.4 Å². The minimum absolute atomic E-state index is 0.336. The Balaban J connectivity index is 2.24. The number of nitrogens with two attached hydrogens (primary N) is 1. The van der Waals surface area contributed by atoms with E-state index in [4.69, 9.17) is 5.84 Å². The first kappa shape index (κ1) is 11.3. The van der Waals surface area contributed by atoms with Gasteiger partial charge < -0.3 is 5.32 Å². The van der Waals surface area contributed by atoms with E-state index in [1.807, 2.05) is 0 Å². The van der Waals surface area contributed by atoms with Crippen LogP contribution in [0.15, 0.2) is 4.99 Å². The van der Waals surface area contributed by atoms with Crippen LogP contribution in [0.25, 0.3) is 0 Å². The zero-order valence-electron chi connectivity index (χ0n) is 9.43. The van der Waals surface area contributed by atoms with Gasteiger partial charge in [0.25, 0.3) is 0 Å². The van der Waals surface area contributed by atoms with Crippen molar-refractivity contribution in [1.29, 1.82) is 0 Å². The zero-order chi connectivity index (χ0) is 10.6. The second-order valence-corrected chi connectivity index (χ2v) is 5.10. The number of aliphatic imine (C=N–C) groups is 1. The fourth-order valence-electron chi connectivity index (χ4n) is 1.06. The summed E-state index contributed by atoms with van der Waals surface area (Å²) in [4.78, 5) is 4.38. The van der Waals surface area contributed by atoms with E-state index in [1.165, 1.54) is 12.8 Å². The largest absolute Gasteiger partial charge is 0.353 e. The van der Waals surface area contributed by atoms with Gasteiger partial charge in [-0.1, -0.05) is 20.8 Å². The van der Waals surface area contributed by atoms with Crippen LogP contribution in [0.5, 0.6) is 0 Å². The summed E-state index contributed by atoms with van der Waals surface area (Å²) < 4.78 is 0. The molecular weight excluding hydrogens is 176 g/mol. The highest BCUT2D eigenvalue weighted by Gasteiger charge is 2.22. The van der Waals surface area contributed by atoms with Crippen LogP contribution in [0.4, 0.5) is 0 Å². The summed E-state index contributed by atoms with van der Waals surface area (Å²) in [6.45, 7) is 7.47. The minimum atomic E-state index is 0.336. The van der Waals surface area contributed by atoms with E-state index in [9.17, 15) is 0 Å². The highest BCUT2D eigenvalue weighted by Crippen LogP contribution is 2.19. The number of guanidine groups is 1. The molecule has 0 aliphatic heterocycles. The molecule has 0 aromatic carbocycles. The maximum atomic E-state index is 5.36. The molecule has 1 rings (SSSR count). The summed E-state index contributed by atoms with van der Waals surface area (Å²) in [6, 6.07) is 0.597. The fraction of sp³-hybridized carbons (Fsp3) is 0.900. The number of hydrazine groups is 1. The van der Waals surface area contributed by atoms with Crippen LogP contribution >= 0.6 is 0 Å². The zero-order valence-corrected chi connectivity index (χ0v) is 9.43. The summed E-state index contributed by atoms with van der Waals surface area (Å²) in [5.41, 5.74) is 2.93. The predicted molar refractivity (Wildman–Crippen MR) is 59.9 cm³/mol. The summed E-state index contributed by atoms with van der Waals surface area (Å²) in [6.07, 6.45) is 3.55. The van der Waals surface area contributed by atoms with Gasteiger partial charge in [-0.2, -0.15) is 0 Å². The third-order valence-corrected chi connectivity index (χ3v) is 2.19. The molecule has 0 aromatic heterocycles. The number of hydrogen-bond donors (Lipinski definition) is 3. The Morgan fingerprint density at radius 3 is 2.50 bits per heavy atom. The lowest BCUT2D eigenvalue weighted by molar-refractivity contribution is 0.385. The molecule has 4 nitrogen and oxygen atoms in total. The van der Waals surface area contributed by atoms with E-state index < -0.39 is 0 Å². The quantitative estimate of drug-likeness (QED) is 0.274. The average Bonchev–Trinajstić information content (AvgIpc) is 2.84. The van der Waals surface area contributed by atoms with Gasteiger partial charge in [-0.3, -0.25) is 10.4 Å². The first-order chi connectivity index (χ1) is 6.51. The van der Waals surface area contributed by atoms with Gasteiger partial charge in [0.15, 0.2) is 0 Å². The summed E-state index contributed by atoms with van der Waals surface area (Å²) in [5.74, 6) is 6.09. The second-order valence-electron chi connectivity index (χ2n) is 5.10. The van der Waals surface area contributed by atoms with Gasteiger partial charge in [-0.15, -0.1) is 0 Å². The molecule has 0 heterocycles. The van der Waals surface area contributed by atoms with E-state index in [2.05, 4.69) is 36.5 Å². The highest BCUT2D eigenvalue weighted by atomic mass is 15.3. The average molecular weight is 198 g/mol. The summed E-state index contributed by atoms with van der Waals surface area (Å²) >= 11 is 0. The van der Waals surface area contributed by atoms with Crippen LogP contribution in [-0.4, -0.2) is 18.5 Å². The number of nitrogens with one attached hydrogen (secondary N) is 2. The molecule has 4 heteroatoms. The Bertz CT molecular complexity index is 201. The van der Waals surface area contributed by atoms with E-state index >= 15 is 0 Å². The third-order valence-electron chi connectivity index (χ3n) is 2.19. The van der Waals surface area contributed by atoms with Crippen molar-refractivity contribution in [3.05, 3.63) is 0 Å². The van der Waals surface area contributed by atoms with Crippen LogP contribution in [-0.2, 0) is 0 Å². The Morgan fingerprint density at radius 1 is 1.43 bits per heavy atom. The second kappa shape index (κ2) is 4.64. The van der Waals surface area contributed by atoms with Crippen molar-refractivity contribution in [1.82, 2.24) is 10.7 Å². The van der Waals surface area contributed by atoms with Crippen LogP contribution in [0.3, 0.4) is 0 Å². The SMILES string of the molecule is CC(C)(C)CCN=C(NN)NC1CC1. The van der Waals surface area contributed by atoms with Gasteiger partial charge in [-0.25, -0.2) is 5.84 Å². The van der Waals surface area contributed by atoms with Gasteiger partial charge >= 0.3 is 0 Å². The highest BCUT2D eigenvalue weighted by molar-refractivity contribution is 5.79. The van der Waals surface area contributed by atoms with Crippen molar-refractivity contribution < 1.29 is 0 Å². The van der Waals surface area contributed by atoms with Crippen molar-refractivity contribution in [2.24, 2.45) is 16.3 Å². The lowest BCUT2D eigenvalue weighted by atomic mass is 9.93. The van der Waals surface area contributed by atoms with Crippen LogP contribution in [0, 0.1) is 5.41 Å². The normalized spacial score (nSPS) is 18.1. The number of nitrogens with zero attached hydrogens (tertiary/aromatic N) is 1. The van der Waals surface area contributed by atoms with Crippen molar-refractivity contribution in [2.75, 3.05) is 6.54 Å². The third kappa shape index (κ3) is 5.07. The number of rotatable bonds is 3.